The van der Waals surface area contributed by atoms with Crippen molar-refractivity contribution in [2.45, 2.75) is 52.6 Å². The Balaban J connectivity index is 2.04. The third kappa shape index (κ3) is 3.61. The van der Waals surface area contributed by atoms with Crippen LogP contribution in [0.15, 0.2) is 0 Å². The third-order valence-electron chi connectivity index (χ3n) is 3.89. The number of ether oxygens (including phenoxy) is 1. The van der Waals surface area contributed by atoms with Crippen LogP contribution < -0.4 is 5.32 Å². The number of anilines is 1. The molecule has 112 valence electrons. The van der Waals surface area contributed by atoms with E-state index >= 15 is 0 Å². The molecule has 0 saturated carbocycles. The summed E-state index contributed by atoms with van der Waals surface area (Å²) in [4.78, 5) is 8.91. The zero-order valence-electron chi connectivity index (χ0n) is 12.6. The number of nitrogens with one attached hydrogen (secondary N) is 1. The first-order valence-corrected chi connectivity index (χ1v) is 7.92. The lowest BCUT2D eigenvalue weighted by molar-refractivity contribution is 0.0900. The van der Waals surface area contributed by atoms with Crippen LogP contribution in [0.4, 0.5) is 5.82 Å². The van der Waals surface area contributed by atoms with Gasteiger partial charge >= 0.3 is 0 Å². The van der Waals surface area contributed by atoms with E-state index in [-0.39, 0.29) is 0 Å². The fraction of sp³-hybridized carbons (Fsp3) is 0.733. The Kier molecular flexibility index (Phi) is 5.61. The summed E-state index contributed by atoms with van der Waals surface area (Å²) >= 11 is 6.19. The van der Waals surface area contributed by atoms with Gasteiger partial charge in [-0.3, -0.25) is 0 Å². The molecule has 0 bridgehead atoms. The Morgan fingerprint density at radius 3 is 2.85 bits per heavy atom. The molecule has 2 rings (SSSR count). The quantitative estimate of drug-likeness (QED) is 0.815. The van der Waals surface area contributed by atoms with E-state index < -0.39 is 0 Å². The Hall–Kier alpha value is -0.870. The Morgan fingerprint density at radius 2 is 2.15 bits per heavy atom. The Bertz CT molecular complexity index is 453. The summed E-state index contributed by atoms with van der Waals surface area (Å²) in [6.07, 6.45) is 4.43. The molecule has 1 N–H and O–H groups in total. The number of hydrogen-bond donors (Lipinski definition) is 1. The second-order valence-corrected chi connectivity index (χ2v) is 5.76. The van der Waals surface area contributed by atoms with Crippen LogP contribution in [0.5, 0.6) is 0 Å². The minimum atomic E-state index is 0.371. The molecule has 0 amide bonds. The van der Waals surface area contributed by atoms with Gasteiger partial charge in [-0.15, -0.1) is 0 Å². The SMILES string of the molecule is CCCc1nc(Cl)c(C)c(NCC2CCOC2CC)n1. The topological polar surface area (TPSA) is 47.0 Å². The smallest absolute Gasteiger partial charge is 0.137 e. The van der Waals surface area contributed by atoms with Crippen molar-refractivity contribution in [1.29, 1.82) is 0 Å². The lowest BCUT2D eigenvalue weighted by atomic mass is 10.00. The molecule has 1 aromatic rings. The Morgan fingerprint density at radius 1 is 1.35 bits per heavy atom. The minimum absolute atomic E-state index is 0.371. The van der Waals surface area contributed by atoms with Crippen LogP contribution in [0.25, 0.3) is 0 Å². The van der Waals surface area contributed by atoms with Crippen molar-refractivity contribution in [1.82, 2.24) is 9.97 Å². The number of aryl methyl sites for hydroxylation is 1. The highest BCUT2D eigenvalue weighted by atomic mass is 35.5. The molecular formula is C15H24ClN3O. The standard InChI is InChI=1S/C15H24ClN3O/c1-4-6-13-18-14(16)10(3)15(19-13)17-9-11-7-8-20-12(11)5-2/h11-12H,4-9H2,1-3H3,(H,17,18,19). The van der Waals surface area contributed by atoms with Gasteiger partial charge in [0, 0.05) is 31.1 Å². The van der Waals surface area contributed by atoms with E-state index in [0.29, 0.717) is 17.2 Å². The maximum atomic E-state index is 6.19. The summed E-state index contributed by atoms with van der Waals surface area (Å²) in [5.74, 6) is 2.25. The van der Waals surface area contributed by atoms with Crippen molar-refractivity contribution in [2.24, 2.45) is 5.92 Å². The van der Waals surface area contributed by atoms with Crippen LogP contribution in [-0.2, 0) is 11.2 Å². The van der Waals surface area contributed by atoms with Gasteiger partial charge in [0.25, 0.3) is 0 Å². The van der Waals surface area contributed by atoms with Crippen LogP contribution >= 0.6 is 11.6 Å². The summed E-state index contributed by atoms with van der Waals surface area (Å²) in [7, 11) is 0. The minimum Gasteiger partial charge on any atom is -0.378 e. The summed E-state index contributed by atoms with van der Waals surface area (Å²) < 4.78 is 5.72. The van der Waals surface area contributed by atoms with Crippen LogP contribution in [0.1, 0.15) is 44.5 Å². The van der Waals surface area contributed by atoms with Crippen molar-refractivity contribution in [3.05, 3.63) is 16.5 Å². The zero-order valence-corrected chi connectivity index (χ0v) is 13.3. The van der Waals surface area contributed by atoms with Crippen LogP contribution in [0, 0.1) is 12.8 Å². The third-order valence-corrected chi connectivity index (χ3v) is 4.25. The van der Waals surface area contributed by atoms with Crippen molar-refractivity contribution < 1.29 is 4.74 Å². The van der Waals surface area contributed by atoms with Crippen molar-refractivity contribution in [3.8, 4) is 0 Å². The van der Waals surface area contributed by atoms with E-state index in [1.54, 1.807) is 0 Å². The largest absolute Gasteiger partial charge is 0.378 e. The second kappa shape index (κ2) is 7.23. The van der Waals surface area contributed by atoms with E-state index in [1.165, 1.54) is 0 Å². The summed E-state index contributed by atoms with van der Waals surface area (Å²) in [5.41, 5.74) is 0.929. The first-order valence-electron chi connectivity index (χ1n) is 7.54. The van der Waals surface area contributed by atoms with Gasteiger partial charge in [0.1, 0.15) is 16.8 Å². The van der Waals surface area contributed by atoms with Gasteiger partial charge in [0.05, 0.1) is 6.10 Å². The summed E-state index contributed by atoms with van der Waals surface area (Å²) in [6.45, 7) is 8.01. The van der Waals surface area contributed by atoms with Crippen LogP contribution in [-0.4, -0.2) is 29.2 Å². The molecule has 4 nitrogen and oxygen atoms in total. The molecule has 2 atom stereocenters. The first-order chi connectivity index (χ1) is 9.65. The predicted octanol–water partition coefficient (Wildman–Crippen LogP) is 3.62. The van der Waals surface area contributed by atoms with Gasteiger partial charge in [-0.05, 0) is 26.2 Å². The van der Waals surface area contributed by atoms with E-state index in [9.17, 15) is 0 Å². The lowest BCUT2D eigenvalue weighted by Gasteiger charge is -2.18. The maximum absolute atomic E-state index is 6.19. The molecule has 2 heterocycles. The summed E-state index contributed by atoms with van der Waals surface area (Å²) in [6, 6.07) is 0. The Labute approximate surface area is 126 Å². The van der Waals surface area contributed by atoms with Gasteiger partial charge in [-0.1, -0.05) is 25.4 Å². The highest BCUT2D eigenvalue weighted by Crippen LogP contribution is 2.25. The van der Waals surface area contributed by atoms with Gasteiger partial charge in [-0.25, -0.2) is 9.97 Å². The fourth-order valence-electron chi connectivity index (χ4n) is 2.65. The van der Waals surface area contributed by atoms with Crippen molar-refractivity contribution in [3.63, 3.8) is 0 Å². The van der Waals surface area contributed by atoms with E-state index in [1.807, 2.05) is 6.92 Å². The lowest BCUT2D eigenvalue weighted by Crippen LogP contribution is -2.23. The number of aromatic nitrogens is 2. The molecule has 5 heteroatoms. The maximum Gasteiger partial charge on any atom is 0.137 e. The van der Waals surface area contributed by atoms with E-state index in [2.05, 4.69) is 29.1 Å². The van der Waals surface area contributed by atoms with Crippen molar-refractivity contribution >= 4 is 17.4 Å². The van der Waals surface area contributed by atoms with Gasteiger partial charge in [-0.2, -0.15) is 0 Å². The molecule has 0 aliphatic carbocycles. The summed E-state index contributed by atoms with van der Waals surface area (Å²) in [5, 5.41) is 4.00. The number of nitrogens with zero attached hydrogens (tertiary/aromatic N) is 2. The highest BCUT2D eigenvalue weighted by Gasteiger charge is 2.26. The van der Waals surface area contributed by atoms with Gasteiger partial charge in [0.2, 0.25) is 0 Å². The average molecular weight is 298 g/mol. The monoisotopic (exact) mass is 297 g/mol. The second-order valence-electron chi connectivity index (χ2n) is 5.40. The molecule has 1 aliphatic heterocycles. The van der Waals surface area contributed by atoms with Gasteiger partial charge < -0.3 is 10.1 Å². The fourth-order valence-corrected chi connectivity index (χ4v) is 2.83. The molecule has 0 aromatic carbocycles. The molecule has 1 fully saturated rings. The number of rotatable bonds is 6. The van der Waals surface area contributed by atoms with E-state index in [4.69, 9.17) is 16.3 Å². The normalized spacial score (nSPS) is 22.2. The first kappa shape index (κ1) is 15.5. The molecule has 2 unspecified atom stereocenters. The van der Waals surface area contributed by atoms with Crippen LogP contribution in [0.2, 0.25) is 5.15 Å². The number of hydrogen-bond acceptors (Lipinski definition) is 4. The molecule has 1 aliphatic rings. The van der Waals surface area contributed by atoms with Crippen LogP contribution in [0.3, 0.4) is 0 Å². The molecule has 0 radical (unpaired) electrons. The number of halogens is 1. The van der Waals surface area contributed by atoms with E-state index in [0.717, 1.165) is 56.0 Å². The highest BCUT2D eigenvalue weighted by molar-refractivity contribution is 6.30. The van der Waals surface area contributed by atoms with Gasteiger partial charge in [0.15, 0.2) is 0 Å². The average Bonchev–Trinajstić information content (AvgIpc) is 2.89. The molecule has 0 spiro atoms. The zero-order chi connectivity index (χ0) is 14.5. The molecule has 1 aromatic heterocycles. The molecule has 1 saturated heterocycles. The predicted molar refractivity (Wildman–Crippen MR) is 82.4 cm³/mol. The van der Waals surface area contributed by atoms with Crippen molar-refractivity contribution in [2.75, 3.05) is 18.5 Å². The molecular weight excluding hydrogens is 274 g/mol. The molecule has 20 heavy (non-hydrogen) atoms.